The van der Waals surface area contributed by atoms with Gasteiger partial charge in [0, 0.05) is 0 Å². The molecule has 3 aromatic carbocycles. The van der Waals surface area contributed by atoms with Gasteiger partial charge in [-0.1, -0.05) is 112 Å². The summed E-state index contributed by atoms with van der Waals surface area (Å²) in [5.74, 6) is 0. The number of fused-ring (bicyclic) bond motifs is 1. The van der Waals surface area contributed by atoms with Crippen LogP contribution < -0.4 is 0 Å². The Morgan fingerprint density at radius 1 is 0.429 bits per heavy atom. The predicted molar refractivity (Wildman–Crippen MR) is 97.8 cm³/mol. The molecule has 21 heavy (non-hydrogen) atoms. The van der Waals surface area contributed by atoms with E-state index in [-0.39, 0.29) is 0 Å². The molecule has 0 spiro atoms. The summed E-state index contributed by atoms with van der Waals surface area (Å²) in [6.07, 6.45) is 0. The second-order valence-electron chi connectivity index (χ2n) is 4.00. The SMILES string of the molecule is CC.CC.Cc1ccccc1.c1ccc2ccccc2c1. The van der Waals surface area contributed by atoms with Crippen LogP contribution >= 0.6 is 0 Å². The highest BCUT2D eigenvalue weighted by atomic mass is 13.9. The van der Waals surface area contributed by atoms with Crippen molar-refractivity contribution in [2.24, 2.45) is 0 Å². The smallest absolute Gasteiger partial charge is 0.0184 e. The minimum atomic E-state index is 1.31. The molecular formula is C21H28. The lowest BCUT2D eigenvalue weighted by Crippen LogP contribution is -1.67. The molecule has 0 bridgehead atoms. The van der Waals surface area contributed by atoms with Gasteiger partial charge in [0.2, 0.25) is 0 Å². The van der Waals surface area contributed by atoms with E-state index in [1.54, 1.807) is 0 Å². The quantitative estimate of drug-likeness (QED) is 0.420. The molecule has 0 heteroatoms. The molecule has 0 aliphatic rings. The maximum Gasteiger partial charge on any atom is -0.0184 e. The first-order valence-corrected chi connectivity index (χ1v) is 7.82. The van der Waals surface area contributed by atoms with Gasteiger partial charge in [0.15, 0.2) is 0 Å². The number of rotatable bonds is 0. The molecule has 3 rings (SSSR count). The molecule has 0 saturated carbocycles. The van der Waals surface area contributed by atoms with E-state index >= 15 is 0 Å². The fraction of sp³-hybridized carbons (Fsp3) is 0.238. The van der Waals surface area contributed by atoms with Crippen molar-refractivity contribution in [3.63, 3.8) is 0 Å². The van der Waals surface area contributed by atoms with Gasteiger partial charge >= 0.3 is 0 Å². The van der Waals surface area contributed by atoms with Crippen molar-refractivity contribution >= 4 is 10.8 Å². The van der Waals surface area contributed by atoms with Gasteiger partial charge in [0.05, 0.1) is 0 Å². The van der Waals surface area contributed by atoms with E-state index in [0.717, 1.165) is 0 Å². The fourth-order valence-corrected chi connectivity index (χ4v) is 1.67. The van der Waals surface area contributed by atoms with Crippen molar-refractivity contribution < 1.29 is 0 Å². The zero-order valence-corrected chi connectivity index (χ0v) is 14.0. The van der Waals surface area contributed by atoms with Gasteiger partial charge in [0.1, 0.15) is 0 Å². The van der Waals surface area contributed by atoms with Gasteiger partial charge in [0.25, 0.3) is 0 Å². The van der Waals surface area contributed by atoms with Crippen LogP contribution in [-0.2, 0) is 0 Å². The summed E-state index contributed by atoms with van der Waals surface area (Å²) in [6.45, 7) is 10.1. The first-order valence-electron chi connectivity index (χ1n) is 7.82. The van der Waals surface area contributed by atoms with Crippen molar-refractivity contribution in [1.29, 1.82) is 0 Å². The highest BCUT2D eigenvalue weighted by molar-refractivity contribution is 5.81. The Hall–Kier alpha value is -2.08. The second-order valence-corrected chi connectivity index (χ2v) is 4.00. The summed E-state index contributed by atoms with van der Waals surface area (Å²) < 4.78 is 0. The molecule has 3 aromatic rings. The lowest BCUT2D eigenvalue weighted by Gasteiger charge is -1.92. The van der Waals surface area contributed by atoms with Gasteiger partial charge in [-0.05, 0) is 17.7 Å². The molecular weight excluding hydrogens is 252 g/mol. The Labute approximate surface area is 130 Å². The minimum absolute atomic E-state index is 1.31. The lowest BCUT2D eigenvalue weighted by molar-refractivity contribution is 1.48. The molecule has 0 unspecified atom stereocenters. The summed E-state index contributed by atoms with van der Waals surface area (Å²) in [6, 6.07) is 27.0. The predicted octanol–water partition coefficient (Wildman–Crippen LogP) is 6.89. The fourth-order valence-electron chi connectivity index (χ4n) is 1.67. The van der Waals surface area contributed by atoms with Crippen molar-refractivity contribution in [2.75, 3.05) is 0 Å². The van der Waals surface area contributed by atoms with E-state index in [2.05, 4.69) is 67.6 Å². The molecule has 0 nitrogen and oxygen atoms in total. The van der Waals surface area contributed by atoms with E-state index in [4.69, 9.17) is 0 Å². The highest BCUT2D eigenvalue weighted by Gasteiger charge is 1.85. The van der Waals surface area contributed by atoms with Crippen LogP contribution in [0.15, 0.2) is 78.9 Å². The van der Waals surface area contributed by atoms with Crippen molar-refractivity contribution in [2.45, 2.75) is 34.6 Å². The van der Waals surface area contributed by atoms with Crippen LogP contribution in [0.25, 0.3) is 10.8 Å². The number of hydrogen-bond donors (Lipinski definition) is 0. The summed E-state index contributed by atoms with van der Waals surface area (Å²) in [4.78, 5) is 0. The molecule has 0 atom stereocenters. The maximum atomic E-state index is 2.12. The van der Waals surface area contributed by atoms with Crippen LogP contribution in [0.3, 0.4) is 0 Å². The van der Waals surface area contributed by atoms with Gasteiger partial charge in [-0.15, -0.1) is 0 Å². The molecule has 0 N–H and O–H groups in total. The standard InChI is InChI=1S/C10H8.C7H8.2C2H6/c1-2-6-10-8-4-3-7-9(10)5-1;1-7-5-3-2-4-6-7;2*1-2/h1-8H;2-6H,1H3;2*1-2H3. The van der Waals surface area contributed by atoms with E-state index in [9.17, 15) is 0 Å². The summed E-state index contributed by atoms with van der Waals surface area (Å²) in [7, 11) is 0. The van der Waals surface area contributed by atoms with Crippen LogP contribution in [0.5, 0.6) is 0 Å². The van der Waals surface area contributed by atoms with Gasteiger partial charge < -0.3 is 0 Å². The molecule has 112 valence electrons. The van der Waals surface area contributed by atoms with Crippen LogP contribution in [0.4, 0.5) is 0 Å². The van der Waals surface area contributed by atoms with E-state index < -0.39 is 0 Å². The molecule has 0 aromatic heterocycles. The molecule has 0 aliphatic heterocycles. The monoisotopic (exact) mass is 280 g/mol. The molecule has 0 amide bonds. The Kier molecular flexibility index (Phi) is 11.6. The van der Waals surface area contributed by atoms with Gasteiger partial charge in [-0.3, -0.25) is 0 Å². The molecule has 0 fully saturated rings. The van der Waals surface area contributed by atoms with E-state index in [1.165, 1.54) is 16.3 Å². The van der Waals surface area contributed by atoms with Crippen LogP contribution in [0.2, 0.25) is 0 Å². The summed E-state index contributed by atoms with van der Waals surface area (Å²) in [5, 5.41) is 2.62. The first kappa shape index (κ1) is 18.9. The Balaban J connectivity index is 0.000000321. The van der Waals surface area contributed by atoms with Crippen LogP contribution in [-0.4, -0.2) is 0 Å². The Morgan fingerprint density at radius 3 is 0.952 bits per heavy atom. The topological polar surface area (TPSA) is 0 Å². The Morgan fingerprint density at radius 2 is 0.714 bits per heavy atom. The Bertz CT molecular complexity index is 502. The average Bonchev–Trinajstić information content (AvgIpc) is 2.60. The van der Waals surface area contributed by atoms with E-state index in [0.29, 0.717) is 0 Å². The minimum Gasteiger partial charge on any atom is -0.0683 e. The van der Waals surface area contributed by atoms with Crippen LogP contribution in [0.1, 0.15) is 33.3 Å². The largest absolute Gasteiger partial charge is 0.0683 e. The third kappa shape index (κ3) is 7.94. The van der Waals surface area contributed by atoms with E-state index in [1.807, 2.05) is 45.9 Å². The third-order valence-corrected chi connectivity index (χ3v) is 2.60. The number of aryl methyl sites for hydroxylation is 1. The normalized spacial score (nSPS) is 8.24. The van der Waals surface area contributed by atoms with Gasteiger partial charge in [-0.25, -0.2) is 0 Å². The maximum absolute atomic E-state index is 2.12. The highest BCUT2D eigenvalue weighted by Crippen LogP contribution is 2.11. The zero-order valence-electron chi connectivity index (χ0n) is 14.0. The molecule has 0 heterocycles. The summed E-state index contributed by atoms with van der Waals surface area (Å²) >= 11 is 0. The number of hydrogen-bond acceptors (Lipinski definition) is 0. The van der Waals surface area contributed by atoms with Crippen molar-refractivity contribution in [1.82, 2.24) is 0 Å². The first-order chi connectivity index (χ1) is 10.4. The van der Waals surface area contributed by atoms with Crippen molar-refractivity contribution in [3.8, 4) is 0 Å². The summed E-state index contributed by atoms with van der Waals surface area (Å²) in [5.41, 5.74) is 1.32. The zero-order chi connectivity index (χ0) is 15.9. The average molecular weight is 280 g/mol. The second kappa shape index (κ2) is 12.9. The molecule has 0 aliphatic carbocycles. The van der Waals surface area contributed by atoms with Crippen LogP contribution in [0, 0.1) is 6.92 Å². The third-order valence-electron chi connectivity index (χ3n) is 2.60. The van der Waals surface area contributed by atoms with Gasteiger partial charge in [-0.2, -0.15) is 0 Å². The molecule has 0 radical (unpaired) electrons. The lowest BCUT2D eigenvalue weighted by atomic mass is 10.1. The number of benzene rings is 3. The molecule has 0 saturated heterocycles. The van der Waals surface area contributed by atoms with Crippen molar-refractivity contribution in [3.05, 3.63) is 84.4 Å².